The van der Waals surface area contributed by atoms with Crippen LogP contribution in [0.1, 0.15) is 13.3 Å². The molecule has 2 rings (SSSR count). The zero-order chi connectivity index (χ0) is 15.8. The Labute approximate surface area is 136 Å². The highest BCUT2D eigenvalue weighted by molar-refractivity contribution is 6.30. The molecule has 1 atom stereocenters. The van der Waals surface area contributed by atoms with E-state index in [1.54, 1.807) is 24.3 Å². The molecule has 0 unspecified atom stereocenters. The first-order chi connectivity index (χ1) is 10.6. The molecule has 1 aromatic carbocycles. The number of benzene rings is 1. The minimum absolute atomic E-state index is 0.0174. The van der Waals surface area contributed by atoms with Gasteiger partial charge in [0.15, 0.2) is 6.61 Å². The Balaban J connectivity index is 1.62. The van der Waals surface area contributed by atoms with Crippen LogP contribution >= 0.6 is 11.6 Å². The second-order valence-electron chi connectivity index (χ2n) is 5.45. The van der Waals surface area contributed by atoms with E-state index >= 15 is 0 Å². The van der Waals surface area contributed by atoms with E-state index in [2.05, 4.69) is 10.2 Å². The van der Waals surface area contributed by atoms with Crippen LogP contribution in [-0.2, 0) is 9.53 Å². The van der Waals surface area contributed by atoms with E-state index in [9.17, 15) is 4.79 Å². The fraction of sp³-hybridized carbons (Fsp3) is 0.562. The second kappa shape index (κ2) is 8.98. The van der Waals surface area contributed by atoms with E-state index in [-0.39, 0.29) is 18.6 Å². The number of nitrogens with one attached hydrogen (secondary N) is 1. The summed E-state index contributed by atoms with van der Waals surface area (Å²) in [6, 6.07) is 7.10. The average molecular weight is 327 g/mol. The van der Waals surface area contributed by atoms with E-state index in [1.165, 1.54) is 0 Å². The SMILES string of the molecule is C[C@H](CCN1CCOCC1)NC(=O)COc1ccc(Cl)cc1. The number of rotatable bonds is 7. The predicted molar refractivity (Wildman–Crippen MR) is 86.4 cm³/mol. The van der Waals surface area contributed by atoms with Crippen LogP contribution in [0.2, 0.25) is 5.02 Å². The molecule has 1 heterocycles. The van der Waals surface area contributed by atoms with E-state index < -0.39 is 0 Å². The summed E-state index contributed by atoms with van der Waals surface area (Å²) in [5, 5.41) is 3.60. The molecule has 22 heavy (non-hydrogen) atoms. The Morgan fingerprint density at radius 2 is 2.05 bits per heavy atom. The molecular weight excluding hydrogens is 304 g/mol. The largest absolute Gasteiger partial charge is 0.484 e. The lowest BCUT2D eigenvalue weighted by Crippen LogP contribution is -2.41. The van der Waals surface area contributed by atoms with Crippen LogP contribution in [0.4, 0.5) is 0 Å². The van der Waals surface area contributed by atoms with Crippen LogP contribution < -0.4 is 10.1 Å². The lowest BCUT2D eigenvalue weighted by molar-refractivity contribution is -0.123. The van der Waals surface area contributed by atoms with Gasteiger partial charge in [0.1, 0.15) is 5.75 Å². The molecule has 1 saturated heterocycles. The molecule has 1 amide bonds. The first-order valence-electron chi connectivity index (χ1n) is 7.61. The molecule has 0 spiro atoms. The highest BCUT2D eigenvalue weighted by Gasteiger charge is 2.13. The first-order valence-corrected chi connectivity index (χ1v) is 7.99. The van der Waals surface area contributed by atoms with Crippen LogP contribution in [0, 0.1) is 0 Å². The molecule has 1 N–H and O–H groups in total. The van der Waals surface area contributed by atoms with Crippen molar-refractivity contribution in [1.29, 1.82) is 0 Å². The zero-order valence-corrected chi connectivity index (χ0v) is 13.6. The first kappa shape index (κ1) is 17.1. The summed E-state index contributed by atoms with van der Waals surface area (Å²) >= 11 is 5.80. The molecule has 5 nitrogen and oxygen atoms in total. The van der Waals surface area contributed by atoms with Crippen molar-refractivity contribution in [3.8, 4) is 5.75 Å². The third kappa shape index (κ3) is 6.22. The molecule has 1 fully saturated rings. The maximum atomic E-state index is 11.8. The van der Waals surface area contributed by atoms with E-state index in [1.807, 2.05) is 6.92 Å². The Hall–Kier alpha value is -1.30. The molecule has 0 radical (unpaired) electrons. The lowest BCUT2D eigenvalue weighted by atomic mass is 10.2. The number of hydrogen-bond acceptors (Lipinski definition) is 4. The van der Waals surface area contributed by atoms with Crippen LogP contribution in [0.5, 0.6) is 5.75 Å². The van der Waals surface area contributed by atoms with Crippen molar-refractivity contribution in [1.82, 2.24) is 10.2 Å². The second-order valence-corrected chi connectivity index (χ2v) is 5.89. The molecule has 1 aliphatic heterocycles. The van der Waals surface area contributed by atoms with Crippen molar-refractivity contribution in [2.24, 2.45) is 0 Å². The van der Waals surface area contributed by atoms with Crippen molar-refractivity contribution in [3.63, 3.8) is 0 Å². The van der Waals surface area contributed by atoms with Gasteiger partial charge in [-0.15, -0.1) is 0 Å². The summed E-state index contributed by atoms with van der Waals surface area (Å²) in [4.78, 5) is 14.2. The number of morpholine rings is 1. The molecule has 1 aromatic rings. The smallest absolute Gasteiger partial charge is 0.258 e. The Bertz CT molecular complexity index is 461. The van der Waals surface area contributed by atoms with Gasteiger partial charge in [-0.3, -0.25) is 9.69 Å². The summed E-state index contributed by atoms with van der Waals surface area (Å²) in [6.07, 6.45) is 0.923. The average Bonchev–Trinajstić information content (AvgIpc) is 2.53. The van der Waals surface area contributed by atoms with Gasteiger partial charge in [0.2, 0.25) is 0 Å². The third-order valence-electron chi connectivity index (χ3n) is 3.57. The van der Waals surface area contributed by atoms with Gasteiger partial charge in [0.25, 0.3) is 5.91 Å². The number of halogens is 1. The van der Waals surface area contributed by atoms with Crippen molar-refractivity contribution in [3.05, 3.63) is 29.3 Å². The highest BCUT2D eigenvalue weighted by atomic mass is 35.5. The molecule has 0 bridgehead atoms. The minimum atomic E-state index is -0.107. The van der Waals surface area contributed by atoms with Gasteiger partial charge in [-0.1, -0.05) is 11.6 Å². The summed E-state index contributed by atoms with van der Waals surface area (Å²) in [6.45, 7) is 6.55. The van der Waals surface area contributed by atoms with Crippen LogP contribution in [0.3, 0.4) is 0 Å². The van der Waals surface area contributed by atoms with Gasteiger partial charge in [0.05, 0.1) is 13.2 Å². The number of carbonyl (C=O) groups is 1. The van der Waals surface area contributed by atoms with Crippen LogP contribution in [-0.4, -0.2) is 56.3 Å². The summed E-state index contributed by atoms with van der Waals surface area (Å²) < 4.78 is 10.7. The number of carbonyl (C=O) groups excluding carboxylic acids is 1. The molecule has 0 aliphatic carbocycles. The quantitative estimate of drug-likeness (QED) is 0.832. The fourth-order valence-corrected chi connectivity index (χ4v) is 2.40. The monoisotopic (exact) mass is 326 g/mol. The molecule has 122 valence electrons. The summed E-state index contributed by atoms with van der Waals surface area (Å²) in [5.41, 5.74) is 0. The van der Waals surface area contributed by atoms with E-state index in [0.29, 0.717) is 10.8 Å². The van der Waals surface area contributed by atoms with Crippen molar-refractivity contribution < 1.29 is 14.3 Å². The van der Waals surface area contributed by atoms with Crippen molar-refractivity contribution in [2.75, 3.05) is 39.5 Å². The van der Waals surface area contributed by atoms with Gasteiger partial charge in [0, 0.05) is 30.7 Å². The molecule has 0 aromatic heterocycles. The maximum Gasteiger partial charge on any atom is 0.258 e. The van der Waals surface area contributed by atoms with Gasteiger partial charge in [-0.25, -0.2) is 0 Å². The number of amides is 1. The summed E-state index contributed by atoms with van der Waals surface area (Å²) in [7, 11) is 0. The summed E-state index contributed by atoms with van der Waals surface area (Å²) in [5.74, 6) is 0.532. The molecule has 6 heteroatoms. The number of hydrogen-bond donors (Lipinski definition) is 1. The third-order valence-corrected chi connectivity index (χ3v) is 3.82. The molecule has 0 saturated carbocycles. The van der Waals surface area contributed by atoms with E-state index in [0.717, 1.165) is 39.3 Å². The lowest BCUT2D eigenvalue weighted by Gasteiger charge is -2.27. The minimum Gasteiger partial charge on any atom is -0.484 e. The number of ether oxygens (including phenoxy) is 2. The highest BCUT2D eigenvalue weighted by Crippen LogP contribution is 2.15. The standard InChI is InChI=1S/C16H23ClN2O3/c1-13(6-7-19-8-10-21-11-9-19)18-16(20)12-22-15-4-2-14(17)3-5-15/h2-5,13H,6-12H2,1H3,(H,18,20)/t13-/m1/s1. The Kier molecular flexibility index (Phi) is 6.96. The maximum absolute atomic E-state index is 11.8. The van der Waals surface area contributed by atoms with Gasteiger partial charge in [-0.05, 0) is 37.6 Å². The van der Waals surface area contributed by atoms with Crippen molar-refractivity contribution >= 4 is 17.5 Å². The predicted octanol–water partition coefficient (Wildman–Crippen LogP) is 1.95. The number of nitrogens with zero attached hydrogens (tertiary/aromatic N) is 1. The Morgan fingerprint density at radius 1 is 1.36 bits per heavy atom. The zero-order valence-electron chi connectivity index (χ0n) is 12.9. The van der Waals surface area contributed by atoms with Gasteiger partial charge < -0.3 is 14.8 Å². The van der Waals surface area contributed by atoms with E-state index in [4.69, 9.17) is 21.1 Å². The molecular formula is C16H23ClN2O3. The van der Waals surface area contributed by atoms with Gasteiger partial charge >= 0.3 is 0 Å². The van der Waals surface area contributed by atoms with Crippen LogP contribution in [0.15, 0.2) is 24.3 Å². The van der Waals surface area contributed by atoms with Gasteiger partial charge in [-0.2, -0.15) is 0 Å². The van der Waals surface area contributed by atoms with Crippen molar-refractivity contribution in [2.45, 2.75) is 19.4 Å². The van der Waals surface area contributed by atoms with Crippen LogP contribution in [0.25, 0.3) is 0 Å². The fourth-order valence-electron chi connectivity index (χ4n) is 2.27. The molecule has 1 aliphatic rings. The normalized spacial score (nSPS) is 17.0. The topological polar surface area (TPSA) is 50.8 Å². The Morgan fingerprint density at radius 3 is 2.73 bits per heavy atom.